The summed E-state index contributed by atoms with van der Waals surface area (Å²) in [7, 11) is 1.78. The van der Waals surface area contributed by atoms with Crippen LogP contribution in [-0.4, -0.2) is 32.8 Å². The number of carbonyl (C=O) groups excluding carboxylic acids is 1. The molecule has 0 spiro atoms. The van der Waals surface area contributed by atoms with Crippen LogP contribution in [0.15, 0.2) is 83.7 Å². The Morgan fingerprint density at radius 2 is 1.63 bits per heavy atom. The highest BCUT2D eigenvalue weighted by Gasteiger charge is 2.14. The zero-order valence-corrected chi connectivity index (χ0v) is 16.7. The average Bonchev–Trinajstić information content (AvgIpc) is 2.79. The molecule has 0 atom stereocenters. The van der Waals surface area contributed by atoms with E-state index < -0.39 is 0 Å². The first-order valence-electron chi connectivity index (χ1n) is 9.83. The molecule has 1 amide bonds. The summed E-state index contributed by atoms with van der Waals surface area (Å²) >= 11 is 0. The highest BCUT2D eigenvalue weighted by atomic mass is 16.2. The molecule has 30 heavy (non-hydrogen) atoms. The molecule has 0 fully saturated rings. The molecule has 0 bridgehead atoms. The van der Waals surface area contributed by atoms with Crippen LogP contribution in [-0.2, 0) is 17.9 Å². The minimum Gasteiger partial charge on any atom is -0.341 e. The van der Waals surface area contributed by atoms with Gasteiger partial charge in [-0.1, -0.05) is 71.9 Å². The summed E-state index contributed by atoms with van der Waals surface area (Å²) in [6, 6.07) is 25.3. The Kier molecular flexibility index (Phi) is 5.66. The molecular formula is C24H22N4O2. The summed E-state index contributed by atoms with van der Waals surface area (Å²) in [5.41, 5.74) is 3.62. The fourth-order valence-electron chi connectivity index (χ4n) is 3.46. The molecule has 0 aliphatic carbocycles. The van der Waals surface area contributed by atoms with Crippen molar-refractivity contribution < 1.29 is 4.79 Å². The van der Waals surface area contributed by atoms with Gasteiger partial charge in [-0.05, 0) is 28.8 Å². The van der Waals surface area contributed by atoms with Crippen LogP contribution < -0.4 is 5.56 Å². The highest BCUT2D eigenvalue weighted by Crippen LogP contribution is 2.24. The van der Waals surface area contributed by atoms with Crippen LogP contribution in [0.4, 0.5) is 0 Å². The lowest BCUT2D eigenvalue weighted by Crippen LogP contribution is -2.30. The summed E-state index contributed by atoms with van der Waals surface area (Å²) in [4.78, 5) is 26.9. The number of rotatable bonds is 6. The standard InChI is InChI=1S/C24H22N4O2/c1-27(17-19-11-5-6-12-20(19)18-9-3-2-4-10-18)23(29)15-16-28-24(30)21-13-7-8-14-22(21)25-26-28/h2-14H,15-17H2,1H3. The van der Waals surface area contributed by atoms with Crippen LogP contribution >= 0.6 is 0 Å². The molecule has 6 heteroatoms. The van der Waals surface area contributed by atoms with Crippen LogP contribution in [0.25, 0.3) is 22.0 Å². The molecule has 3 aromatic carbocycles. The van der Waals surface area contributed by atoms with Gasteiger partial charge in [0, 0.05) is 20.0 Å². The topological polar surface area (TPSA) is 68.1 Å². The number of hydrogen-bond acceptors (Lipinski definition) is 4. The van der Waals surface area contributed by atoms with Gasteiger partial charge in [0.2, 0.25) is 5.91 Å². The maximum absolute atomic E-state index is 12.7. The van der Waals surface area contributed by atoms with Crippen molar-refractivity contribution in [2.24, 2.45) is 0 Å². The molecule has 1 aromatic heterocycles. The number of hydrogen-bond donors (Lipinski definition) is 0. The smallest absolute Gasteiger partial charge is 0.277 e. The number of benzene rings is 3. The highest BCUT2D eigenvalue weighted by molar-refractivity contribution is 5.77. The van der Waals surface area contributed by atoms with Crippen molar-refractivity contribution in [3.8, 4) is 11.1 Å². The SMILES string of the molecule is CN(Cc1ccccc1-c1ccccc1)C(=O)CCn1nnc2ccccc2c1=O. The Bertz CT molecular complexity index is 1230. The minimum atomic E-state index is -0.231. The van der Waals surface area contributed by atoms with E-state index in [4.69, 9.17) is 0 Å². The van der Waals surface area contributed by atoms with Gasteiger partial charge in [0.1, 0.15) is 5.52 Å². The number of aryl methyl sites for hydroxylation is 1. The lowest BCUT2D eigenvalue weighted by Gasteiger charge is -2.19. The van der Waals surface area contributed by atoms with E-state index in [2.05, 4.69) is 28.5 Å². The number of nitrogens with zero attached hydrogens (tertiary/aromatic N) is 4. The predicted molar refractivity (Wildman–Crippen MR) is 117 cm³/mol. The zero-order chi connectivity index (χ0) is 20.9. The van der Waals surface area contributed by atoms with E-state index in [0.29, 0.717) is 17.4 Å². The maximum atomic E-state index is 12.7. The molecule has 4 rings (SSSR count). The largest absolute Gasteiger partial charge is 0.341 e. The Labute approximate surface area is 174 Å². The summed E-state index contributed by atoms with van der Waals surface area (Å²) in [6.07, 6.45) is 0.178. The van der Waals surface area contributed by atoms with E-state index in [9.17, 15) is 9.59 Å². The number of carbonyl (C=O) groups is 1. The van der Waals surface area contributed by atoms with Gasteiger partial charge in [0.15, 0.2) is 0 Å². The van der Waals surface area contributed by atoms with Crippen LogP contribution in [0.5, 0.6) is 0 Å². The van der Waals surface area contributed by atoms with Gasteiger partial charge in [0.25, 0.3) is 5.56 Å². The second-order valence-electron chi connectivity index (χ2n) is 7.16. The Morgan fingerprint density at radius 3 is 2.47 bits per heavy atom. The van der Waals surface area contributed by atoms with Gasteiger partial charge in [-0.15, -0.1) is 5.10 Å². The first-order valence-corrected chi connectivity index (χ1v) is 9.83. The van der Waals surface area contributed by atoms with Gasteiger partial charge >= 0.3 is 0 Å². The van der Waals surface area contributed by atoms with Crippen molar-refractivity contribution in [1.82, 2.24) is 19.9 Å². The van der Waals surface area contributed by atoms with Crippen LogP contribution in [0, 0.1) is 0 Å². The molecule has 6 nitrogen and oxygen atoms in total. The van der Waals surface area contributed by atoms with Gasteiger partial charge in [-0.2, -0.15) is 0 Å². The molecule has 150 valence electrons. The Hall–Kier alpha value is -3.80. The molecule has 0 N–H and O–H groups in total. The normalized spacial score (nSPS) is 10.8. The van der Waals surface area contributed by atoms with E-state index >= 15 is 0 Å². The molecule has 4 aromatic rings. The van der Waals surface area contributed by atoms with Crippen molar-refractivity contribution in [3.63, 3.8) is 0 Å². The summed E-state index contributed by atoms with van der Waals surface area (Å²) in [5.74, 6) is -0.0558. The van der Waals surface area contributed by atoms with Gasteiger partial charge in [-0.3, -0.25) is 9.59 Å². The van der Waals surface area contributed by atoms with Gasteiger partial charge in [-0.25, -0.2) is 4.68 Å². The summed E-state index contributed by atoms with van der Waals surface area (Å²) in [5, 5.41) is 8.53. The molecule has 0 saturated carbocycles. The van der Waals surface area contributed by atoms with Crippen molar-refractivity contribution in [2.45, 2.75) is 19.5 Å². The van der Waals surface area contributed by atoms with Crippen molar-refractivity contribution >= 4 is 16.8 Å². The molecule has 0 aliphatic heterocycles. The van der Waals surface area contributed by atoms with E-state index in [-0.39, 0.29) is 24.4 Å². The van der Waals surface area contributed by atoms with Gasteiger partial charge < -0.3 is 4.90 Å². The molecular weight excluding hydrogens is 376 g/mol. The fraction of sp³-hybridized carbons (Fsp3) is 0.167. The van der Waals surface area contributed by atoms with Crippen molar-refractivity contribution in [1.29, 1.82) is 0 Å². The predicted octanol–water partition coefficient (Wildman–Crippen LogP) is 3.51. The monoisotopic (exact) mass is 398 g/mol. The first-order chi connectivity index (χ1) is 14.6. The number of fused-ring (bicyclic) bond motifs is 1. The second kappa shape index (κ2) is 8.69. The molecule has 0 saturated heterocycles. The van der Waals surface area contributed by atoms with E-state index in [1.54, 1.807) is 30.1 Å². The van der Waals surface area contributed by atoms with E-state index in [1.165, 1.54) is 4.68 Å². The summed E-state index contributed by atoms with van der Waals surface area (Å²) in [6.45, 7) is 0.683. The number of aromatic nitrogens is 3. The van der Waals surface area contributed by atoms with E-state index in [1.807, 2.05) is 42.5 Å². The Balaban J connectivity index is 1.46. The molecule has 0 radical (unpaired) electrons. The zero-order valence-electron chi connectivity index (χ0n) is 16.7. The molecule has 0 aliphatic rings. The van der Waals surface area contributed by atoms with E-state index in [0.717, 1.165) is 16.7 Å². The van der Waals surface area contributed by atoms with Crippen LogP contribution in [0.2, 0.25) is 0 Å². The average molecular weight is 398 g/mol. The summed E-state index contributed by atoms with van der Waals surface area (Å²) < 4.78 is 1.26. The second-order valence-corrected chi connectivity index (χ2v) is 7.16. The van der Waals surface area contributed by atoms with Crippen molar-refractivity contribution in [2.75, 3.05) is 7.05 Å². The third kappa shape index (κ3) is 4.12. The maximum Gasteiger partial charge on any atom is 0.277 e. The van der Waals surface area contributed by atoms with Gasteiger partial charge in [0.05, 0.1) is 11.9 Å². The minimum absolute atomic E-state index is 0.0558. The molecule has 1 heterocycles. The molecule has 0 unspecified atom stereocenters. The fourth-order valence-corrected chi connectivity index (χ4v) is 3.46. The third-order valence-corrected chi connectivity index (χ3v) is 5.10. The lowest BCUT2D eigenvalue weighted by atomic mass is 9.99. The number of amides is 1. The lowest BCUT2D eigenvalue weighted by molar-refractivity contribution is -0.130. The quantitative estimate of drug-likeness (QED) is 0.498. The third-order valence-electron chi connectivity index (χ3n) is 5.10. The van der Waals surface area contributed by atoms with Crippen LogP contribution in [0.1, 0.15) is 12.0 Å². The van der Waals surface area contributed by atoms with Crippen LogP contribution in [0.3, 0.4) is 0 Å². The Morgan fingerprint density at radius 1 is 0.933 bits per heavy atom. The van der Waals surface area contributed by atoms with Crippen molar-refractivity contribution in [3.05, 3.63) is 94.8 Å². The first kappa shape index (κ1) is 19.5.